The first-order chi connectivity index (χ1) is 15.3. The molecule has 9 heteroatoms. The molecule has 0 aliphatic heterocycles. The fourth-order valence-electron chi connectivity index (χ4n) is 3.48. The van der Waals surface area contributed by atoms with Crippen LogP contribution in [0, 0.1) is 10.1 Å². The maximum absolute atomic E-state index is 13.1. The molecule has 0 bridgehead atoms. The summed E-state index contributed by atoms with van der Waals surface area (Å²) in [5, 5.41) is 15.3. The van der Waals surface area contributed by atoms with Crippen LogP contribution in [0.2, 0.25) is 0 Å². The number of para-hydroxylation sites is 1. The molecule has 1 heterocycles. The van der Waals surface area contributed by atoms with Gasteiger partial charge in [0.1, 0.15) is 0 Å². The molecule has 1 N–H and O–H groups in total. The fraction of sp³-hybridized carbons (Fsp3) is 0.130. The predicted octanol–water partition coefficient (Wildman–Crippen LogP) is 6.81. The summed E-state index contributed by atoms with van der Waals surface area (Å²) in [6.45, 7) is 0.227. The standard InChI is InChI=1S/C23H18F3N3O2S/c1-27-17-9-10-18-20(12-17)28(13-15-5-4-6-16(11-15)23(24,25)26)14-22(18)32-21-8-3-2-7-19(21)29(30)31/h2-12,14,27H,13H2,1H3. The highest BCUT2D eigenvalue weighted by atomic mass is 32.2. The molecule has 0 aliphatic rings. The lowest BCUT2D eigenvalue weighted by Crippen LogP contribution is -2.06. The van der Waals surface area contributed by atoms with Gasteiger partial charge in [-0.3, -0.25) is 10.1 Å². The molecule has 164 valence electrons. The number of nitrogens with zero attached hydrogens (tertiary/aromatic N) is 2. The third kappa shape index (κ3) is 4.43. The molecular weight excluding hydrogens is 439 g/mol. The topological polar surface area (TPSA) is 60.1 Å². The summed E-state index contributed by atoms with van der Waals surface area (Å²) >= 11 is 1.26. The molecule has 0 aliphatic carbocycles. The minimum absolute atomic E-state index is 0.00289. The Hall–Kier alpha value is -3.46. The maximum Gasteiger partial charge on any atom is 0.416 e. The van der Waals surface area contributed by atoms with E-state index in [1.165, 1.54) is 23.9 Å². The zero-order chi connectivity index (χ0) is 22.9. The summed E-state index contributed by atoms with van der Waals surface area (Å²) < 4.78 is 41.3. The van der Waals surface area contributed by atoms with Crippen LogP contribution in [-0.2, 0) is 12.7 Å². The van der Waals surface area contributed by atoms with Gasteiger partial charge in [-0.1, -0.05) is 36.0 Å². The van der Waals surface area contributed by atoms with Crippen LogP contribution in [0.1, 0.15) is 11.1 Å². The van der Waals surface area contributed by atoms with Crippen molar-refractivity contribution in [3.05, 3.63) is 94.2 Å². The van der Waals surface area contributed by atoms with E-state index in [-0.39, 0.29) is 12.2 Å². The van der Waals surface area contributed by atoms with Gasteiger partial charge in [0.25, 0.3) is 5.69 Å². The highest BCUT2D eigenvalue weighted by Crippen LogP contribution is 2.40. The van der Waals surface area contributed by atoms with Gasteiger partial charge < -0.3 is 9.88 Å². The van der Waals surface area contributed by atoms with Crippen molar-refractivity contribution in [2.45, 2.75) is 22.5 Å². The second-order valence-corrected chi connectivity index (χ2v) is 8.21. The molecule has 0 saturated heterocycles. The van der Waals surface area contributed by atoms with Crippen LogP contribution >= 0.6 is 11.8 Å². The highest BCUT2D eigenvalue weighted by Gasteiger charge is 2.30. The van der Waals surface area contributed by atoms with Crippen molar-refractivity contribution in [3.8, 4) is 0 Å². The van der Waals surface area contributed by atoms with Crippen LogP contribution in [0.25, 0.3) is 10.9 Å². The van der Waals surface area contributed by atoms with Gasteiger partial charge >= 0.3 is 6.18 Å². The normalized spacial score (nSPS) is 11.6. The van der Waals surface area contributed by atoms with E-state index in [1.54, 1.807) is 31.3 Å². The van der Waals surface area contributed by atoms with Gasteiger partial charge in [0.2, 0.25) is 0 Å². The van der Waals surface area contributed by atoms with Gasteiger partial charge in [-0.15, -0.1) is 0 Å². The van der Waals surface area contributed by atoms with E-state index in [0.717, 1.165) is 33.6 Å². The lowest BCUT2D eigenvalue weighted by molar-refractivity contribution is -0.387. The molecule has 0 radical (unpaired) electrons. The zero-order valence-electron chi connectivity index (χ0n) is 16.9. The molecule has 5 nitrogen and oxygen atoms in total. The minimum Gasteiger partial charge on any atom is -0.388 e. The van der Waals surface area contributed by atoms with Crippen LogP contribution in [0.3, 0.4) is 0 Å². The molecule has 0 unspecified atom stereocenters. The summed E-state index contributed by atoms with van der Waals surface area (Å²) in [5.74, 6) is 0. The van der Waals surface area contributed by atoms with Crippen LogP contribution < -0.4 is 5.32 Å². The summed E-state index contributed by atoms with van der Waals surface area (Å²) in [6.07, 6.45) is -2.59. The number of hydrogen-bond donors (Lipinski definition) is 1. The smallest absolute Gasteiger partial charge is 0.388 e. The average molecular weight is 457 g/mol. The number of hydrogen-bond acceptors (Lipinski definition) is 4. The Labute approximate surface area is 186 Å². The molecule has 4 aromatic rings. The van der Waals surface area contributed by atoms with Crippen LogP contribution in [-0.4, -0.2) is 16.5 Å². The average Bonchev–Trinajstić information content (AvgIpc) is 3.09. The van der Waals surface area contributed by atoms with Crippen molar-refractivity contribution in [2.24, 2.45) is 0 Å². The quantitative estimate of drug-likeness (QED) is 0.255. The summed E-state index contributed by atoms with van der Waals surface area (Å²) in [6, 6.07) is 17.4. The van der Waals surface area contributed by atoms with Gasteiger partial charge in [-0.2, -0.15) is 13.2 Å². The SMILES string of the molecule is CNc1ccc2c(Sc3ccccc3[N+](=O)[O-])cn(Cc3cccc(C(F)(F)F)c3)c2c1. The number of nitro groups is 1. The number of nitrogens with one attached hydrogen (secondary N) is 1. The fourth-order valence-corrected chi connectivity index (χ4v) is 4.57. The van der Waals surface area contributed by atoms with Gasteiger partial charge in [0.05, 0.1) is 20.9 Å². The monoisotopic (exact) mass is 457 g/mol. The number of fused-ring (bicyclic) bond motifs is 1. The Balaban J connectivity index is 1.78. The molecule has 0 fully saturated rings. The molecule has 0 saturated carbocycles. The van der Waals surface area contributed by atoms with Gasteiger partial charge in [0, 0.05) is 41.8 Å². The van der Waals surface area contributed by atoms with E-state index in [1.807, 2.05) is 29.0 Å². The van der Waals surface area contributed by atoms with Crippen molar-refractivity contribution in [1.82, 2.24) is 4.57 Å². The number of halogens is 3. The third-order valence-electron chi connectivity index (χ3n) is 5.02. The number of benzene rings is 3. The van der Waals surface area contributed by atoms with Crippen molar-refractivity contribution in [2.75, 3.05) is 12.4 Å². The van der Waals surface area contributed by atoms with E-state index in [9.17, 15) is 23.3 Å². The second-order valence-electron chi connectivity index (χ2n) is 7.13. The molecule has 0 amide bonds. The summed E-state index contributed by atoms with van der Waals surface area (Å²) in [7, 11) is 1.78. The lowest BCUT2D eigenvalue weighted by Gasteiger charge is -2.10. The highest BCUT2D eigenvalue weighted by molar-refractivity contribution is 7.99. The molecule has 3 aromatic carbocycles. The number of alkyl halides is 3. The second kappa shape index (κ2) is 8.58. The first-order valence-electron chi connectivity index (χ1n) is 9.64. The molecule has 4 rings (SSSR count). The van der Waals surface area contributed by atoms with Crippen molar-refractivity contribution in [3.63, 3.8) is 0 Å². The summed E-state index contributed by atoms with van der Waals surface area (Å²) in [5.41, 5.74) is 1.48. The van der Waals surface area contributed by atoms with E-state index >= 15 is 0 Å². The molecule has 0 atom stereocenters. The Morgan fingerprint density at radius 2 is 1.81 bits per heavy atom. The van der Waals surface area contributed by atoms with Gasteiger partial charge in [0.15, 0.2) is 0 Å². The van der Waals surface area contributed by atoms with Crippen LogP contribution in [0.4, 0.5) is 24.5 Å². The largest absolute Gasteiger partial charge is 0.416 e. The first-order valence-corrected chi connectivity index (χ1v) is 10.5. The van der Waals surface area contributed by atoms with Crippen molar-refractivity contribution in [1.29, 1.82) is 0 Å². The zero-order valence-corrected chi connectivity index (χ0v) is 17.7. The third-order valence-corrected chi connectivity index (χ3v) is 6.13. The van der Waals surface area contributed by atoms with E-state index in [4.69, 9.17) is 0 Å². The Bertz CT molecular complexity index is 1300. The first kappa shape index (κ1) is 21.8. The minimum atomic E-state index is -4.42. The number of anilines is 1. The lowest BCUT2D eigenvalue weighted by atomic mass is 10.1. The molecule has 0 spiro atoms. The summed E-state index contributed by atoms with van der Waals surface area (Å²) in [4.78, 5) is 12.3. The van der Waals surface area contributed by atoms with Gasteiger partial charge in [-0.05, 0) is 42.0 Å². The van der Waals surface area contributed by atoms with Crippen molar-refractivity contribution >= 4 is 34.0 Å². The predicted molar refractivity (Wildman–Crippen MR) is 119 cm³/mol. The Morgan fingerprint density at radius 1 is 1.03 bits per heavy atom. The number of aromatic nitrogens is 1. The number of nitro benzene ring substituents is 1. The number of rotatable bonds is 6. The van der Waals surface area contributed by atoms with Gasteiger partial charge in [-0.25, -0.2) is 0 Å². The van der Waals surface area contributed by atoms with Crippen molar-refractivity contribution < 1.29 is 18.1 Å². The van der Waals surface area contributed by atoms with E-state index in [2.05, 4.69) is 5.32 Å². The van der Waals surface area contributed by atoms with E-state index < -0.39 is 16.7 Å². The maximum atomic E-state index is 13.1. The van der Waals surface area contributed by atoms with Crippen LogP contribution in [0.5, 0.6) is 0 Å². The Kier molecular flexibility index (Phi) is 5.84. The molecule has 1 aromatic heterocycles. The Morgan fingerprint density at radius 3 is 2.53 bits per heavy atom. The van der Waals surface area contributed by atoms with E-state index in [0.29, 0.717) is 10.5 Å². The van der Waals surface area contributed by atoms with Crippen LogP contribution in [0.15, 0.2) is 82.7 Å². The molecule has 32 heavy (non-hydrogen) atoms. The molecular formula is C23H18F3N3O2S.